The van der Waals surface area contributed by atoms with E-state index >= 15 is 0 Å². The van der Waals surface area contributed by atoms with Gasteiger partial charge in [0.15, 0.2) is 0 Å². The van der Waals surface area contributed by atoms with Crippen molar-refractivity contribution in [1.82, 2.24) is 9.97 Å². The first-order chi connectivity index (χ1) is 7.25. The van der Waals surface area contributed by atoms with Crippen LogP contribution in [-0.4, -0.2) is 29.2 Å². The number of nitrogens with one attached hydrogen (secondary N) is 1. The van der Waals surface area contributed by atoms with Crippen LogP contribution in [0.25, 0.3) is 0 Å². The molecule has 1 aliphatic heterocycles. The predicted octanol–water partition coefficient (Wildman–Crippen LogP) is 1.97. The molecule has 2 heterocycles. The van der Waals surface area contributed by atoms with Gasteiger partial charge in [0, 0.05) is 19.1 Å². The summed E-state index contributed by atoms with van der Waals surface area (Å²) in [6.45, 7) is 3.81. The molecule has 1 aromatic rings. The molecule has 0 spiro atoms. The molecule has 0 saturated carbocycles. The molecule has 1 fully saturated rings. The molecule has 0 radical (unpaired) electrons. The van der Waals surface area contributed by atoms with Gasteiger partial charge < -0.3 is 10.1 Å². The van der Waals surface area contributed by atoms with Crippen LogP contribution in [0.5, 0.6) is 0 Å². The maximum atomic E-state index is 5.73. The lowest BCUT2D eigenvalue weighted by molar-refractivity contribution is 0.108. The fourth-order valence-corrected chi connectivity index (χ4v) is 1.85. The van der Waals surface area contributed by atoms with Crippen molar-refractivity contribution < 1.29 is 4.74 Å². The summed E-state index contributed by atoms with van der Waals surface area (Å²) >= 11 is 5.73. The van der Waals surface area contributed by atoms with E-state index in [1.807, 2.05) is 0 Å². The van der Waals surface area contributed by atoms with E-state index in [0.717, 1.165) is 25.4 Å². The van der Waals surface area contributed by atoms with Gasteiger partial charge in [-0.05, 0) is 13.3 Å². The van der Waals surface area contributed by atoms with Gasteiger partial charge in [0.2, 0.25) is 0 Å². The molecule has 2 unspecified atom stereocenters. The van der Waals surface area contributed by atoms with Crippen LogP contribution in [-0.2, 0) is 4.74 Å². The quantitative estimate of drug-likeness (QED) is 0.858. The summed E-state index contributed by atoms with van der Waals surface area (Å²) in [6, 6.07) is 0. The zero-order valence-corrected chi connectivity index (χ0v) is 9.37. The van der Waals surface area contributed by atoms with Crippen LogP contribution in [0, 0.1) is 5.92 Å². The Morgan fingerprint density at radius 3 is 3.13 bits per heavy atom. The first kappa shape index (κ1) is 10.6. The van der Waals surface area contributed by atoms with E-state index in [-0.39, 0.29) is 0 Å². The molecule has 1 aromatic heterocycles. The monoisotopic (exact) mass is 227 g/mol. The van der Waals surface area contributed by atoms with Crippen molar-refractivity contribution in [2.75, 3.05) is 18.5 Å². The van der Waals surface area contributed by atoms with Crippen molar-refractivity contribution >= 4 is 17.4 Å². The van der Waals surface area contributed by atoms with Crippen LogP contribution in [0.3, 0.4) is 0 Å². The molecular weight excluding hydrogens is 214 g/mol. The zero-order chi connectivity index (χ0) is 10.7. The average Bonchev–Trinajstić information content (AvgIpc) is 2.61. The molecule has 5 heteroatoms. The second kappa shape index (κ2) is 4.77. The summed E-state index contributed by atoms with van der Waals surface area (Å²) in [6.07, 6.45) is 4.62. The van der Waals surface area contributed by atoms with Gasteiger partial charge in [-0.15, -0.1) is 0 Å². The van der Waals surface area contributed by atoms with Gasteiger partial charge in [-0.1, -0.05) is 11.6 Å². The minimum Gasteiger partial charge on any atom is -0.378 e. The Bertz CT molecular complexity index is 334. The number of aromatic nitrogens is 2. The summed E-state index contributed by atoms with van der Waals surface area (Å²) in [5.41, 5.74) is 0. The van der Waals surface area contributed by atoms with E-state index in [2.05, 4.69) is 22.2 Å². The summed E-state index contributed by atoms with van der Waals surface area (Å²) in [5, 5.41) is 3.63. The topological polar surface area (TPSA) is 47.0 Å². The highest BCUT2D eigenvalue weighted by Crippen LogP contribution is 2.20. The molecule has 4 nitrogen and oxygen atoms in total. The average molecular weight is 228 g/mol. The van der Waals surface area contributed by atoms with Crippen LogP contribution >= 0.6 is 11.6 Å². The number of ether oxygens (including phenoxy) is 1. The Hall–Kier alpha value is -0.870. The third-order valence-electron chi connectivity index (χ3n) is 2.68. The molecular formula is C10H14ClN3O. The fraction of sp³-hybridized carbons (Fsp3) is 0.600. The van der Waals surface area contributed by atoms with Crippen LogP contribution < -0.4 is 5.32 Å². The summed E-state index contributed by atoms with van der Waals surface area (Å²) in [4.78, 5) is 8.07. The lowest BCUT2D eigenvalue weighted by Gasteiger charge is -2.14. The SMILES string of the molecule is CC1OCCC1CNc1cncc(Cl)n1. The van der Waals surface area contributed by atoms with E-state index in [1.165, 1.54) is 6.20 Å². The smallest absolute Gasteiger partial charge is 0.149 e. The number of rotatable bonds is 3. The third kappa shape index (κ3) is 2.79. The second-order valence-corrected chi connectivity index (χ2v) is 4.12. The molecule has 1 aliphatic rings. The number of anilines is 1. The zero-order valence-electron chi connectivity index (χ0n) is 8.61. The van der Waals surface area contributed by atoms with Crippen molar-refractivity contribution in [2.45, 2.75) is 19.4 Å². The number of nitrogens with zero attached hydrogens (tertiary/aromatic N) is 2. The molecule has 2 rings (SSSR count). The van der Waals surface area contributed by atoms with Crippen LogP contribution in [0.4, 0.5) is 5.82 Å². The Balaban J connectivity index is 1.87. The normalized spacial score (nSPS) is 25.5. The van der Waals surface area contributed by atoms with E-state index in [0.29, 0.717) is 17.2 Å². The maximum absolute atomic E-state index is 5.73. The first-order valence-corrected chi connectivity index (χ1v) is 5.46. The molecule has 0 amide bonds. The molecule has 0 aliphatic carbocycles. The van der Waals surface area contributed by atoms with Gasteiger partial charge in [0.1, 0.15) is 11.0 Å². The first-order valence-electron chi connectivity index (χ1n) is 5.09. The van der Waals surface area contributed by atoms with E-state index in [4.69, 9.17) is 16.3 Å². The van der Waals surface area contributed by atoms with Gasteiger partial charge in [-0.25, -0.2) is 4.98 Å². The van der Waals surface area contributed by atoms with Gasteiger partial charge in [0.05, 0.1) is 18.5 Å². The number of halogens is 1. The summed E-state index contributed by atoms with van der Waals surface area (Å²) < 4.78 is 5.48. The second-order valence-electron chi connectivity index (χ2n) is 3.73. The standard InChI is InChI=1S/C10H14ClN3O/c1-7-8(2-3-15-7)4-13-10-6-12-5-9(11)14-10/h5-8H,2-4H2,1H3,(H,13,14). The van der Waals surface area contributed by atoms with Crippen molar-refractivity contribution in [2.24, 2.45) is 5.92 Å². The van der Waals surface area contributed by atoms with Crippen molar-refractivity contribution in [3.8, 4) is 0 Å². The minimum atomic E-state index is 0.324. The molecule has 1 N–H and O–H groups in total. The highest BCUT2D eigenvalue weighted by atomic mass is 35.5. The van der Waals surface area contributed by atoms with Gasteiger partial charge in [0.25, 0.3) is 0 Å². The summed E-state index contributed by atoms with van der Waals surface area (Å²) in [5.74, 6) is 1.27. The van der Waals surface area contributed by atoms with Crippen molar-refractivity contribution in [3.05, 3.63) is 17.5 Å². The molecule has 0 aromatic carbocycles. The van der Waals surface area contributed by atoms with Crippen molar-refractivity contribution in [1.29, 1.82) is 0 Å². The van der Waals surface area contributed by atoms with Crippen LogP contribution in [0.2, 0.25) is 5.15 Å². The molecule has 0 bridgehead atoms. The highest BCUT2D eigenvalue weighted by molar-refractivity contribution is 6.29. The highest BCUT2D eigenvalue weighted by Gasteiger charge is 2.23. The lowest BCUT2D eigenvalue weighted by atomic mass is 10.0. The van der Waals surface area contributed by atoms with Gasteiger partial charge in [-0.3, -0.25) is 4.98 Å². The van der Waals surface area contributed by atoms with Crippen LogP contribution in [0.1, 0.15) is 13.3 Å². The molecule has 82 valence electrons. The number of hydrogen-bond acceptors (Lipinski definition) is 4. The van der Waals surface area contributed by atoms with Gasteiger partial charge >= 0.3 is 0 Å². The maximum Gasteiger partial charge on any atom is 0.149 e. The van der Waals surface area contributed by atoms with Crippen molar-refractivity contribution in [3.63, 3.8) is 0 Å². The molecule has 2 atom stereocenters. The molecule has 15 heavy (non-hydrogen) atoms. The minimum absolute atomic E-state index is 0.324. The largest absolute Gasteiger partial charge is 0.378 e. The van der Waals surface area contributed by atoms with E-state index < -0.39 is 0 Å². The van der Waals surface area contributed by atoms with E-state index in [9.17, 15) is 0 Å². The third-order valence-corrected chi connectivity index (χ3v) is 2.87. The fourth-order valence-electron chi connectivity index (χ4n) is 1.71. The van der Waals surface area contributed by atoms with Crippen LogP contribution in [0.15, 0.2) is 12.4 Å². The Morgan fingerprint density at radius 1 is 1.60 bits per heavy atom. The van der Waals surface area contributed by atoms with E-state index in [1.54, 1.807) is 6.20 Å². The Morgan fingerprint density at radius 2 is 2.47 bits per heavy atom. The predicted molar refractivity (Wildman–Crippen MR) is 59.1 cm³/mol. The number of hydrogen-bond donors (Lipinski definition) is 1. The summed E-state index contributed by atoms with van der Waals surface area (Å²) in [7, 11) is 0. The molecule has 1 saturated heterocycles. The van der Waals surface area contributed by atoms with Gasteiger partial charge in [-0.2, -0.15) is 0 Å². The Kier molecular flexibility index (Phi) is 3.38. The Labute approximate surface area is 94.0 Å². The lowest BCUT2D eigenvalue weighted by Crippen LogP contribution is -2.21.